The van der Waals surface area contributed by atoms with Gasteiger partial charge >= 0.3 is 0 Å². The van der Waals surface area contributed by atoms with Crippen LogP contribution in [0.2, 0.25) is 0 Å². The number of allylic oxidation sites excluding steroid dienone is 2. The third-order valence-electron chi connectivity index (χ3n) is 6.35. The number of ether oxygens (including phenoxy) is 2. The molecule has 1 aliphatic carbocycles. The number of nitrogens with zero attached hydrogens (tertiary/aromatic N) is 1. The molecule has 1 saturated heterocycles. The van der Waals surface area contributed by atoms with Gasteiger partial charge in [0.1, 0.15) is 0 Å². The summed E-state index contributed by atoms with van der Waals surface area (Å²) in [6, 6.07) is 13.8. The van der Waals surface area contributed by atoms with Gasteiger partial charge in [0.25, 0.3) is 0 Å². The molecule has 0 bridgehead atoms. The van der Waals surface area contributed by atoms with Gasteiger partial charge < -0.3 is 9.47 Å². The molecule has 0 radical (unpaired) electrons. The number of benzene rings is 2. The standard InChI is InChI=1S/C26H29NO4/c1-30-23-15-21-22(16-24(23)31-2)26(29)20(25(21)28)10-6-9-18-11-13-27(14-12-18)17-19-7-4-3-5-8-19/h3-9,15-16,18,20H,10-14,17H2,1-2H3/b9-6+. The molecule has 31 heavy (non-hydrogen) atoms. The zero-order valence-corrected chi connectivity index (χ0v) is 18.2. The second-order valence-electron chi connectivity index (χ2n) is 8.30. The van der Waals surface area contributed by atoms with Crippen molar-refractivity contribution < 1.29 is 19.1 Å². The summed E-state index contributed by atoms with van der Waals surface area (Å²) >= 11 is 0. The smallest absolute Gasteiger partial charge is 0.174 e. The van der Waals surface area contributed by atoms with E-state index in [4.69, 9.17) is 9.47 Å². The van der Waals surface area contributed by atoms with Crippen molar-refractivity contribution in [1.29, 1.82) is 0 Å². The predicted octanol–water partition coefficient (Wildman–Crippen LogP) is 4.56. The molecular weight excluding hydrogens is 390 g/mol. The van der Waals surface area contributed by atoms with Gasteiger partial charge in [-0.05, 0) is 56.0 Å². The van der Waals surface area contributed by atoms with Gasteiger partial charge in [0.2, 0.25) is 0 Å². The van der Waals surface area contributed by atoms with Gasteiger partial charge in [0.05, 0.1) is 20.1 Å². The lowest BCUT2D eigenvalue weighted by Crippen LogP contribution is -2.32. The van der Waals surface area contributed by atoms with E-state index in [1.807, 2.05) is 12.1 Å². The minimum Gasteiger partial charge on any atom is -0.493 e. The number of likely N-dealkylation sites (tertiary alicyclic amines) is 1. The monoisotopic (exact) mass is 419 g/mol. The Hall–Kier alpha value is -2.92. The highest BCUT2D eigenvalue weighted by Crippen LogP contribution is 2.37. The van der Waals surface area contributed by atoms with Crippen LogP contribution in [0.25, 0.3) is 0 Å². The summed E-state index contributed by atoms with van der Waals surface area (Å²) in [5, 5.41) is 0. The normalized spacial score (nSPS) is 18.0. The SMILES string of the molecule is COc1cc2c(cc1OC)C(=O)C(C/C=C/C1CCN(Cc3ccccc3)CC1)C2=O. The molecular formula is C26H29NO4. The van der Waals surface area contributed by atoms with Crippen molar-refractivity contribution in [3.63, 3.8) is 0 Å². The Bertz CT molecular complexity index is 931. The predicted molar refractivity (Wildman–Crippen MR) is 120 cm³/mol. The molecule has 2 aromatic rings. The van der Waals surface area contributed by atoms with Crippen molar-refractivity contribution in [3.8, 4) is 11.5 Å². The summed E-state index contributed by atoms with van der Waals surface area (Å²) in [7, 11) is 3.05. The number of carbonyl (C=O) groups is 2. The van der Waals surface area contributed by atoms with Crippen molar-refractivity contribution in [3.05, 3.63) is 71.3 Å². The topological polar surface area (TPSA) is 55.8 Å². The Kier molecular flexibility index (Phi) is 6.52. The fraction of sp³-hybridized carbons (Fsp3) is 0.385. The van der Waals surface area contributed by atoms with Crippen molar-refractivity contribution >= 4 is 11.6 Å². The average Bonchev–Trinajstić information content (AvgIpc) is 3.04. The molecule has 1 heterocycles. The number of fused-ring (bicyclic) bond motifs is 1. The van der Waals surface area contributed by atoms with Crippen LogP contribution in [0.5, 0.6) is 11.5 Å². The number of ketones is 2. The molecule has 2 aromatic carbocycles. The number of Topliss-reactive ketones (excluding diaryl/α,β-unsaturated/α-hetero) is 2. The molecule has 1 fully saturated rings. The summed E-state index contributed by atoms with van der Waals surface area (Å²) in [6.45, 7) is 3.12. The van der Waals surface area contributed by atoms with Gasteiger partial charge in [-0.15, -0.1) is 0 Å². The quantitative estimate of drug-likeness (QED) is 0.487. The van der Waals surface area contributed by atoms with E-state index in [0.717, 1.165) is 32.5 Å². The van der Waals surface area contributed by atoms with E-state index in [1.165, 1.54) is 19.8 Å². The third kappa shape index (κ3) is 4.57. The van der Waals surface area contributed by atoms with Gasteiger partial charge in [0, 0.05) is 17.7 Å². The van der Waals surface area contributed by atoms with Crippen molar-refractivity contribution in [2.45, 2.75) is 25.8 Å². The van der Waals surface area contributed by atoms with E-state index < -0.39 is 5.92 Å². The number of carbonyl (C=O) groups excluding carboxylic acids is 2. The second kappa shape index (κ2) is 9.48. The molecule has 0 aromatic heterocycles. The van der Waals surface area contributed by atoms with Crippen LogP contribution in [-0.4, -0.2) is 43.8 Å². The highest BCUT2D eigenvalue weighted by atomic mass is 16.5. The van der Waals surface area contributed by atoms with Crippen molar-refractivity contribution in [2.75, 3.05) is 27.3 Å². The van der Waals surface area contributed by atoms with E-state index in [-0.39, 0.29) is 11.6 Å². The Labute approximate surface area is 183 Å². The van der Waals surface area contributed by atoms with Gasteiger partial charge in [-0.1, -0.05) is 42.5 Å². The van der Waals surface area contributed by atoms with E-state index in [2.05, 4.69) is 35.2 Å². The van der Waals surface area contributed by atoms with Crippen LogP contribution in [0, 0.1) is 11.8 Å². The first kappa shape index (κ1) is 21.3. The molecule has 0 N–H and O–H groups in total. The molecule has 0 spiro atoms. The zero-order chi connectivity index (χ0) is 21.8. The largest absolute Gasteiger partial charge is 0.493 e. The van der Waals surface area contributed by atoms with Crippen LogP contribution in [0.4, 0.5) is 0 Å². The maximum Gasteiger partial charge on any atom is 0.174 e. The lowest BCUT2D eigenvalue weighted by molar-refractivity contribution is 0.0840. The Morgan fingerprint density at radius 2 is 1.52 bits per heavy atom. The lowest BCUT2D eigenvalue weighted by atomic mass is 9.93. The third-order valence-corrected chi connectivity index (χ3v) is 6.35. The molecule has 4 rings (SSSR count). The first-order chi connectivity index (χ1) is 15.1. The first-order valence-corrected chi connectivity index (χ1v) is 10.9. The highest BCUT2D eigenvalue weighted by molar-refractivity contribution is 6.26. The zero-order valence-electron chi connectivity index (χ0n) is 18.2. The van der Waals surface area contributed by atoms with Gasteiger partial charge in [0.15, 0.2) is 23.1 Å². The lowest BCUT2D eigenvalue weighted by Gasteiger charge is -2.30. The number of hydrogen-bond donors (Lipinski definition) is 0. The molecule has 0 atom stereocenters. The fourth-order valence-corrected chi connectivity index (χ4v) is 4.55. The maximum atomic E-state index is 12.8. The van der Waals surface area contributed by atoms with E-state index in [9.17, 15) is 9.59 Å². The summed E-state index contributed by atoms with van der Waals surface area (Å²) in [4.78, 5) is 28.1. The number of piperidine rings is 1. The van der Waals surface area contributed by atoms with E-state index in [0.29, 0.717) is 35.0 Å². The Morgan fingerprint density at radius 1 is 0.935 bits per heavy atom. The van der Waals surface area contributed by atoms with Crippen LogP contribution in [0.1, 0.15) is 45.5 Å². The molecule has 5 heteroatoms. The first-order valence-electron chi connectivity index (χ1n) is 10.9. The second-order valence-corrected chi connectivity index (χ2v) is 8.30. The molecule has 0 saturated carbocycles. The highest BCUT2D eigenvalue weighted by Gasteiger charge is 2.38. The van der Waals surface area contributed by atoms with Crippen molar-refractivity contribution in [2.24, 2.45) is 11.8 Å². The molecule has 2 aliphatic rings. The summed E-state index contributed by atoms with van der Waals surface area (Å²) in [6.07, 6.45) is 6.87. The Morgan fingerprint density at radius 3 is 2.06 bits per heavy atom. The van der Waals surface area contributed by atoms with Gasteiger partial charge in [-0.3, -0.25) is 14.5 Å². The van der Waals surface area contributed by atoms with Crippen molar-refractivity contribution in [1.82, 2.24) is 4.90 Å². The molecule has 1 aliphatic heterocycles. The van der Waals surface area contributed by atoms with E-state index in [1.54, 1.807) is 12.1 Å². The molecule has 0 unspecified atom stereocenters. The molecule has 162 valence electrons. The van der Waals surface area contributed by atoms with Gasteiger partial charge in [-0.25, -0.2) is 0 Å². The Balaban J connectivity index is 1.32. The van der Waals surface area contributed by atoms with Crippen LogP contribution in [0.15, 0.2) is 54.6 Å². The summed E-state index contributed by atoms with van der Waals surface area (Å²) in [5.41, 5.74) is 2.23. The fourth-order valence-electron chi connectivity index (χ4n) is 4.55. The van der Waals surface area contributed by atoms with Crippen LogP contribution in [-0.2, 0) is 6.54 Å². The number of methoxy groups -OCH3 is 2. The number of rotatable bonds is 7. The minimum atomic E-state index is -0.638. The molecule has 0 amide bonds. The van der Waals surface area contributed by atoms with Crippen LogP contribution >= 0.6 is 0 Å². The van der Waals surface area contributed by atoms with Crippen LogP contribution in [0.3, 0.4) is 0 Å². The summed E-state index contributed by atoms with van der Waals surface area (Å²) in [5.74, 6) is 0.565. The van der Waals surface area contributed by atoms with E-state index >= 15 is 0 Å². The average molecular weight is 420 g/mol. The number of hydrogen-bond acceptors (Lipinski definition) is 5. The maximum absolute atomic E-state index is 12.8. The minimum absolute atomic E-state index is 0.122. The molecule has 5 nitrogen and oxygen atoms in total. The van der Waals surface area contributed by atoms with Gasteiger partial charge in [-0.2, -0.15) is 0 Å². The summed E-state index contributed by atoms with van der Waals surface area (Å²) < 4.78 is 10.6. The van der Waals surface area contributed by atoms with Crippen LogP contribution < -0.4 is 9.47 Å².